The molecule has 37 heavy (non-hydrogen) atoms. The lowest BCUT2D eigenvalue weighted by Crippen LogP contribution is -2.31. The fraction of sp³-hybridized carbons (Fsp3) is 0.167. The fourth-order valence-corrected chi connectivity index (χ4v) is 4.49. The van der Waals surface area contributed by atoms with E-state index in [1.807, 2.05) is 36.4 Å². The number of hydrogen-bond acceptors (Lipinski definition) is 6. The van der Waals surface area contributed by atoms with Crippen LogP contribution in [0.1, 0.15) is 33.9 Å². The molecule has 1 aliphatic rings. The van der Waals surface area contributed by atoms with Crippen molar-refractivity contribution in [2.24, 2.45) is 5.10 Å². The van der Waals surface area contributed by atoms with Gasteiger partial charge in [-0.25, -0.2) is 5.01 Å². The smallest absolute Gasteiger partial charge is 0.281 e. The van der Waals surface area contributed by atoms with Crippen LogP contribution in [0, 0.1) is 0 Å². The van der Waals surface area contributed by atoms with Gasteiger partial charge in [-0.2, -0.15) is 5.10 Å². The minimum atomic E-state index is -0.348. The average molecular weight is 495 g/mol. The quantitative estimate of drug-likeness (QED) is 0.306. The minimum Gasteiger partial charge on any atom is -0.493 e. The zero-order valence-electron chi connectivity index (χ0n) is 20.6. The largest absolute Gasteiger partial charge is 0.493 e. The molecule has 0 saturated carbocycles. The van der Waals surface area contributed by atoms with E-state index in [0.29, 0.717) is 29.2 Å². The molecule has 0 bridgehead atoms. The molecule has 186 valence electrons. The summed E-state index contributed by atoms with van der Waals surface area (Å²) in [5.74, 6) is 1.33. The number of hydrogen-bond donors (Lipinski definition) is 0. The second-order valence-electron chi connectivity index (χ2n) is 8.66. The number of carbonyl (C=O) groups excluding carboxylic acids is 2. The summed E-state index contributed by atoms with van der Waals surface area (Å²) in [4.78, 5) is 24.5. The molecule has 1 amide bonds. The number of methoxy groups -OCH3 is 2. The van der Waals surface area contributed by atoms with E-state index in [1.54, 1.807) is 38.5 Å². The van der Waals surface area contributed by atoms with Crippen molar-refractivity contribution in [1.29, 1.82) is 0 Å². The van der Waals surface area contributed by atoms with Crippen molar-refractivity contribution in [1.82, 2.24) is 5.01 Å². The first-order chi connectivity index (χ1) is 18.1. The van der Waals surface area contributed by atoms with Crippen LogP contribution in [0.3, 0.4) is 0 Å². The number of amides is 1. The third-order valence-electron chi connectivity index (χ3n) is 6.40. The number of ether oxygens (including phenoxy) is 3. The maximum atomic E-state index is 13.4. The molecular weight excluding hydrogens is 468 g/mol. The monoisotopic (exact) mass is 494 g/mol. The van der Waals surface area contributed by atoms with Crippen molar-refractivity contribution >= 4 is 28.7 Å². The van der Waals surface area contributed by atoms with E-state index >= 15 is 0 Å². The van der Waals surface area contributed by atoms with E-state index < -0.39 is 0 Å². The van der Waals surface area contributed by atoms with Crippen LogP contribution >= 0.6 is 0 Å². The molecule has 1 aliphatic heterocycles. The number of carbonyl (C=O) groups is 2. The molecule has 0 radical (unpaired) electrons. The highest BCUT2D eigenvalue weighted by atomic mass is 16.5. The molecule has 5 rings (SSSR count). The third kappa shape index (κ3) is 5.02. The predicted octanol–water partition coefficient (Wildman–Crippen LogP) is 5.43. The van der Waals surface area contributed by atoms with Crippen LogP contribution in [-0.4, -0.2) is 43.7 Å². The van der Waals surface area contributed by atoms with Crippen LogP contribution in [0.25, 0.3) is 10.8 Å². The number of aldehydes is 1. The van der Waals surface area contributed by atoms with Crippen molar-refractivity contribution in [3.63, 3.8) is 0 Å². The van der Waals surface area contributed by atoms with E-state index in [4.69, 9.17) is 19.3 Å². The van der Waals surface area contributed by atoms with Crippen LogP contribution in [0.2, 0.25) is 0 Å². The Labute approximate surface area is 214 Å². The van der Waals surface area contributed by atoms with Gasteiger partial charge in [0.25, 0.3) is 5.91 Å². The Morgan fingerprint density at radius 1 is 0.919 bits per heavy atom. The lowest BCUT2D eigenvalue weighted by Gasteiger charge is -2.23. The first-order valence-electron chi connectivity index (χ1n) is 11.9. The summed E-state index contributed by atoms with van der Waals surface area (Å²) in [5.41, 5.74) is 3.11. The Kier molecular flexibility index (Phi) is 6.85. The average Bonchev–Trinajstić information content (AvgIpc) is 3.41. The van der Waals surface area contributed by atoms with Gasteiger partial charge < -0.3 is 14.2 Å². The Balaban J connectivity index is 1.46. The van der Waals surface area contributed by atoms with E-state index in [0.717, 1.165) is 33.9 Å². The molecule has 1 atom stereocenters. The van der Waals surface area contributed by atoms with E-state index in [2.05, 4.69) is 24.3 Å². The molecule has 0 aliphatic carbocycles. The molecule has 7 heteroatoms. The van der Waals surface area contributed by atoms with Gasteiger partial charge >= 0.3 is 0 Å². The van der Waals surface area contributed by atoms with Crippen LogP contribution in [0.15, 0.2) is 90.0 Å². The van der Waals surface area contributed by atoms with E-state index in [-0.39, 0.29) is 18.6 Å². The number of rotatable bonds is 8. The van der Waals surface area contributed by atoms with Crippen molar-refractivity contribution in [3.05, 3.63) is 102 Å². The van der Waals surface area contributed by atoms with Crippen LogP contribution in [0.5, 0.6) is 17.2 Å². The summed E-state index contributed by atoms with van der Waals surface area (Å²) >= 11 is 0. The summed E-state index contributed by atoms with van der Waals surface area (Å²) in [6, 6.07) is 26.3. The third-order valence-corrected chi connectivity index (χ3v) is 6.40. The topological polar surface area (TPSA) is 77.4 Å². The molecular formula is C30H26N2O5. The molecule has 1 heterocycles. The van der Waals surface area contributed by atoms with Crippen molar-refractivity contribution in [3.8, 4) is 17.2 Å². The van der Waals surface area contributed by atoms with Gasteiger partial charge in [0, 0.05) is 12.0 Å². The highest BCUT2D eigenvalue weighted by Gasteiger charge is 2.34. The molecule has 7 nitrogen and oxygen atoms in total. The number of benzene rings is 4. The van der Waals surface area contributed by atoms with Crippen LogP contribution in [-0.2, 0) is 4.79 Å². The Morgan fingerprint density at radius 2 is 1.73 bits per heavy atom. The SMILES string of the molecule is COc1ccc(C2CC(c3ccc4ccccc4c3)=NN2C(=O)COc2cccc(C=O)c2)cc1OC. The Morgan fingerprint density at radius 3 is 2.51 bits per heavy atom. The van der Waals surface area contributed by atoms with Gasteiger partial charge in [0.1, 0.15) is 12.0 Å². The molecule has 0 N–H and O–H groups in total. The Bertz CT molecular complexity index is 1500. The minimum absolute atomic E-state index is 0.222. The van der Waals surface area contributed by atoms with Crippen molar-refractivity contribution < 1.29 is 23.8 Å². The Hall–Kier alpha value is -4.65. The molecule has 4 aromatic rings. The summed E-state index contributed by atoms with van der Waals surface area (Å²) < 4.78 is 16.6. The zero-order valence-corrected chi connectivity index (χ0v) is 20.6. The second-order valence-corrected chi connectivity index (χ2v) is 8.66. The molecule has 4 aromatic carbocycles. The van der Waals surface area contributed by atoms with Gasteiger partial charge in [0.05, 0.1) is 26.0 Å². The normalized spacial score (nSPS) is 14.8. The maximum Gasteiger partial charge on any atom is 0.281 e. The molecule has 0 spiro atoms. The van der Waals surface area contributed by atoms with Gasteiger partial charge in [-0.3, -0.25) is 9.59 Å². The predicted molar refractivity (Wildman–Crippen MR) is 142 cm³/mol. The van der Waals surface area contributed by atoms with Crippen LogP contribution < -0.4 is 14.2 Å². The first-order valence-corrected chi connectivity index (χ1v) is 11.9. The van der Waals surface area contributed by atoms with Crippen molar-refractivity contribution in [2.45, 2.75) is 12.5 Å². The van der Waals surface area contributed by atoms with Crippen molar-refractivity contribution in [2.75, 3.05) is 20.8 Å². The summed E-state index contributed by atoms with van der Waals surface area (Å²) in [5, 5.41) is 8.48. The second kappa shape index (κ2) is 10.5. The zero-order chi connectivity index (χ0) is 25.8. The molecule has 1 unspecified atom stereocenters. The van der Waals surface area contributed by atoms with Gasteiger partial charge in [0.2, 0.25) is 0 Å². The number of fused-ring (bicyclic) bond motifs is 1. The van der Waals surface area contributed by atoms with Gasteiger partial charge in [0.15, 0.2) is 18.1 Å². The molecule has 0 saturated heterocycles. The highest BCUT2D eigenvalue weighted by molar-refractivity contribution is 6.05. The summed E-state index contributed by atoms with van der Waals surface area (Å²) in [6.07, 6.45) is 1.27. The lowest BCUT2D eigenvalue weighted by molar-refractivity contribution is -0.135. The van der Waals surface area contributed by atoms with E-state index in [9.17, 15) is 9.59 Å². The number of nitrogens with zero attached hydrogens (tertiary/aromatic N) is 2. The summed E-state index contributed by atoms with van der Waals surface area (Å²) in [6.45, 7) is -0.222. The van der Waals surface area contributed by atoms with Gasteiger partial charge in [-0.05, 0) is 52.2 Å². The van der Waals surface area contributed by atoms with Gasteiger partial charge in [-0.15, -0.1) is 0 Å². The van der Waals surface area contributed by atoms with Crippen LogP contribution in [0.4, 0.5) is 0 Å². The standard InChI is InChI=1S/C30H26N2O5/c1-35-28-13-12-24(16-29(28)36-2)27-17-26(23-11-10-21-7-3-4-8-22(21)15-23)31-32(27)30(34)19-37-25-9-5-6-20(14-25)18-33/h3-16,18,27H,17,19H2,1-2H3. The fourth-order valence-electron chi connectivity index (χ4n) is 4.49. The van der Waals surface area contributed by atoms with E-state index in [1.165, 1.54) is 5.01 Å². The maximum absolute atomic E-state index is 13.4. The lowest BCUT2D eigenvalue weighted by atomic mass is 9.96. The summed E-state index contributed by atoms with van der Waals surface area (Å²) in [7, 11) is 3.16. The first kappa shape index (κ1) is 24.1. The van der Waals surface area contributed by atoms with Gasteiger partial charge in [-0.1, -0.05) is 54.6 Å². The highest BCUT2D eigenvalue weighted by Crippen LogP contribution is 2.37. The molecule has 0 aromatic heterocycles. The number of hydrazone groups is 1. The molecule has 0 fully saturated rings.